The highest BCUT2D eigenvalue weighted by Gasteiger charge is 2.22. The first kappa shape index (κ1) is 17.7. The van der Waals surface area contributed by atoms with E-state index in [1.54, 1.807) is 11.8 Å². The first-order valence-corrected chi connectivity index (χ1v) is 8.94. The van der Waals surface area contributed by atoms with Crippen LogP contribution in [0.1, 0.15) is 18.9 Å². The smallest absolute Gasteiger partial charge is 0.223 e. The second kappa shape index (κ2) is 8.29. The average molecular weight is 346 g/mol. The molecule has 136 valence electrons. The third-order valence-electron chi connectivity index (χ3n) is 4.85. The molecule has 0 aliphatic carbocycles. The molecule has 1 aromatic rings. The maximum atomic E-state index is 12.4. The minimum absolute atomic E-state index is 0.0829. The van der Waals surface area contributed by atoms with E-state index in [1.807, 2.05) is 17.2 Å². The van der Waals surface area contributed by atoms with E-state index in [-0.39, 0.29) is 11.8 Å². The molecule has 2 amide bonds. The third-order valence-corrected chi connectivity index (χ3v) is 4.85. The lowest BCUT2D eigenvalue weighted by molar-refractivity contribution is -0.138. The van der Waals surface area contributed by atoms with Crippen LogP contribution in [0, 0.1) is 0 Å². The topological polar surface area (TPSA) is 66.0 Å². The van der Waals surface area contributed by atoms with Crippen molar-refractivity contribution in [3.05, 3.63) is 23.9 Å². The quantitative estimate of drug-likeness (QED) is 0.796. The Morgan fingerprint density at radius 1 is 1.08 bits per heavy atom. The molecular formula is C18H26N4O3. The van der Waals surface area contributed by atoms with Crippen LogP contribution >= 0.6 is 0 Å². The van der Waals surface area contributed by atoms with Crippen molar-refractivity contribution < 1.29 is 14.3 Å². The lowest BCUT2D eigenvalue weighted by atomic mass is 10.1. The van der Waals surface area contributed by atoms with Gasteiger partial charge in [0.1, 0.15) is 5.82 Å². The van der Waals surface area contributed by atoms with Gasteiger partial charge in [-0.1, -0.05) is 0 Å². The van der Waals surface area contributed by atoms with Gasteiger partial charge in [-0.05, 0) is 24.1 Å². The lowest BCUT2D eigenvalue weighted by Crippen LogP contribution is -2.50. The number of hydrogen-bond acceptors (Lipinski definition) is 5. The van der Waals surface area contributed by atoms with E-state index in [0.29, 0.717) is 39.0 Å². The highest BCUT2D eigenvalue weighted by atomic mass is 16.5. The van der Waals surface area contributed by atoms with Crippen molar-refractivity contribution in [1.29, 1.82) is 0 Å². The number of pyridine rings is 1. The molecule has 1 aromatic heterocycles. The van der Waals surface area contributed by atoms with E-state index in [9.17, 15) is 9.59 Å². The second-order valence-electron chi connectivity index (χ2n) is 6.51. The van der Waals surface area contributed by atoms with Crippen LogP contribution in [0.3, 0.4) is 0 Å². The molecule has 0 unspecified atom stereocenters. The number of nitrogens with zero attached hydrogens (tertiary/aromatic N) is 4. The molecule has 7 nitrogen and oxygen atoms in total. The molecule has 0 atom stereocenters. The van der Waals surface area contributed by atoms with Crippen molar-refractivity contribution in [2.24, 2.45) is 0 Å². The standard InChI is InChI=1S/C18H26N4O3/c1-15(23)20-6-8-22(9-7-20)18(24)3-2-16-4-5-19-17(14-16)21-10-12-25-13-11-21/h4-5,14H,2-3,6-13H2,1H3. The van der Waals surface area contributed by atoms with Crippen LogP contribution in [0.4, 0.5) is 5.82 Å². The summed E-state index contributed by atoms with van der Waals surface area (Å²) in [6, 6.07) is 4.05. The van der Waals surface area contributed by atoms with E-state index >= 15 is 0 Å². The molecule has 2 saturated heterocycles. The fourth-order valence-corrected chi connectivity index (χ4v) is 3.26. The maximum Gasteiger partial charge on any atom is 0.223 e. The van der Waals surface area contributed by atoms with Gasteiger partial charge in [-0.25, -0.2) is 4.98 Å². The van der Waals surface area contributed by atoms with Crippen LogP contribution in [0.15, 0.2) is 18.3 Å². The molecule has 7 heteroatoms. The van der Waals surface area contributed by atoms with Crippen molar-refractivity contribution >= 4 is 17.6 Å². The van der Waals surface area contributed by atoms with Gasteiger partial charge in [0.2, 0.25) is 11.8 Å². The Balaban J connectivity index is 1.50. The van der Waals surface area contributed by atoms with E-state index in [4.69, 9.17) is 4.74 Å². The zero-order valence-electron chi connectivity index (χ0n) is 14.8. The highest BCUT2D eigenvalue weighted by Crippen LogP contribution is 2.16. The first-order chi connectivity index (χ1) is 12.1. The summed E-state index contributed by atoms with van der Waals surface area (Å²) in [6.07, 6.45) is 3.02. The van der Waals surface area contributed by atoms with Crippen molar-refractivity contribution in [1.82, 2.24) is 14.8 Å². The van der Waals surface area contributed by atoms with Gasteiger partial charge in [-0.2, -0.15) is 0 Å². The van der Waals surface area contributed by atoms with Crippen LogP contribution in [0.25, 0.3) is 0 Å². The zero-order chi connectivity index (χ0) is 17.6. The third kappa shape index (κ3) is 4.69. The molecule has 2 aliphatic rings. The summed E-state index contributed by atoms with van der Waals surface area (Å²) in [5, 5.41) is 0. The molecule has 0 spiro atoms. The van der Waals surface area contributed by atoms with Gasteiger partial charge >= 0.3 is 0 Å². The van der Waals surface area contributed by atoms with Crippen LogP contribution in [-0.4, -0.2) is 79.1 Å². The number of aryl methyl sites for hydroxylation is 1. The Bertz CT molecular complexity index is 608. The molecule has 0 aromatic carbocycles. The SMILES string of the molecule is CC(=O)N1CCN(C(=O)CCc2ccnc(N3CCOCC3)c2)CC1. The fourth-order valence-electron chi connectivity index (χ4n) is 3.26. The van der Waals surface area contributed by atoms with Gasteiger partial charge in [0.05, 0.1) is 13.2 Å². The van der Waals surface area contributed by atoms with E-state index < -0.39 is 0 Å². The largest absolute Gasteiger partial charge is 0.378 e. The molecule has 0 N–H and O–H groups in total. The fraction of sp³-hybridized carbons (Fsp3) is 0.611. The molecule has 0 saturated carbocycles. The monoisotopic (exact) mass is 346 g/mol. The van der Waals surface area contributed by atoms with Crippen LogP contribution in [0.5, 0.6) is 0 Å². The molecule has 25 heavy (non-hydrogen) atoms. The number of morpholine rings is 1. The summed E-state index contributed by atoms with van der Waals surface area (Å²) in [7, 11) is 0. The zero-order valence-corrected chi connectivity index (χ0v) is 14.8. The van der Waals surface area contributed by atoms with Crippen LogP contribution in [0.2, 0.25) is 0 Å². The summed E-state index contributed by atoms with van der Waals surface area (Å²) in [6.45, 7) is 7.29. The summed E-state index contributed by atoms with van der Waals surface area (Å²) in [4.78, 5) is 34.1. The number of carbonyl (C=O) groups excluding carboxylic acids is 2. The number of amides is 2. The Hall–Kier alpha value is -2.15. The predicted octanol–water partition coefficient (Wildman–Crippen LogP) is 0.542. The average Bonchev–Trinajstić information content (AvgIpc) is 2.67. The van der Waals surface area contributed by atoms with Gasteiger partial charge < -0.3 is 19.4 Å². The summed E-state index contributed by atoms with van der Waals surface area (Å²) >= 11 is 0. The number of ether oxygens (including phenoxy) is 1. The van der Waals surface area contributed by atoms with Gasteiger partial charge in [0, 0.05) is 58.8 Å². The van der Waals surface area contributed by atoms with Crippen LogP contribution < -0.4 is 4.90 Å². The van der Waals surface area contributed by atoms with Crippen LogP contribution in [-0.2, 0) is 20.7 Å². The Morgan fingerprint density at radius 2 is 1.76 bits per heavy atom. The summed E-state index contributed by atoms with van der Waals surface area (Å²) < 4.78 is 5.38. The first-order valence-electron chi connectivity index (χ1n) is 8.94. The molecule has 3 heterocycles. The highest BCUT2D eigenvalue weighted by molar-refractivity contribution is 5.77. The normalized spacial score (nSPS) is 18.4. The van der Waals surface area contributed by atoms with Crippen molar-refractivity contribution in [2.45, 2.75) is 19.8 Å². The van der Waals surface area contributed by atoms with E-state index in [0.717, 1.165) is 37.7 Å². The summed E-state index contributed by atoms with van der Waals surface area (Å²) in [5.41, 5.74) is 1.13. The molecule has 0 radical (unpaired) electrons. The van der Waals surface area contributed by atoms with Crippen molar-refractivity contribution in [3.63, 3.8) is 0 Å². The van der Waals surface area contributed by atoms with E-state index in [2.05, 4.69) is 16.0 Å². The molecule has 0 bridgehead atoms. The van der Waals surface area contributed by atoms with Crippen molar-refractivity contribution in [3.8, 4) is 0 Å². The lowest BCUT2D eigenvalue weighted by Gasteiger charge is -2.34. The van der Waals surface area contributed by atoms with Gasteiger partial charge in [0.25, 0.3) is 0 Å². The summed E-state index contributed by atoms with van der Waals surface area (Å²) in [5.74, 6) is 1.20. The number of rotatable bonds is 4. The minimum Gasteiger partial charge on any atom is -0.378 e. The predicted molar refractivity (Wildman–Crippen MR) is 94.4 cm³/mol. The number of anilines is 1. The Morgan fingerprint density at radius 3 is 2.44 bits per heavy atom. The Kier molecular flexibility index (Phi) is 5.86. The number of piperazine rings is 1. The number of aromatic nitrogens is 1. The number of hydrogen-bond donors (Lipinski definition) is 0. The van der Waals surface area contributed by atoms with Gasteiger partial charge in [-0.15, -0.1) is 0 Å². The number of carbonyl (C=O) groups is 2. The molecular weight excluding hydrogens is 320 g/mol. The minimum atomic E-state index is 0.0829. The second-order valence-corrected chi connectivity index (χ2v) is 6.51. The van der Waals surface area contributed by atoms with Crippen molar-refractivity contribution in [2.75, 3.05) is 57.4 Å². The van der Waals surface area contributed by atoms with Gasteiger partial charge in [-0.3, -0.25) is 9.59 Å². The van der Waals surface area contributed by atoms with E-state index in [1.165, 1.54) is 0 Å². The Labute approximate surface area is 148 Å². The maximum absolute atomic E-state index is 12.4. The van der Waals surface area contributed by atoms with Gasteiger partial charge in [0.15, 0.2) is 0 Å². The molecule has 2 aliphatic heterocycles. The molecule has 3 rings (SSSR count). The molecule has 2 fully saturated rings.